The van der Waals surface area contributed by atoms with Gasteiger partial charge >= 0.3 is 0 Å². The van der Waals surface area contributed by atoms with Gasteiger partial charge in [-0.25, -0.2) is 0 Å². The van der Waals surface area contributed by atoms with Crippen LogP contribution in [0.4, 0.5) is 5.69 Å². The molecular formula is C14H21N3O3. The third-order valence-corrected chi connectivity index (χ3v) is 3.30. The zero-order chi connectivity index (χ0) is 15.3. The van der Waals surface area contributed by atoms with Crippen LogP contribution in [-0.4, -0.2) is 35.4 Å². The van der Waals surface area contributed by atoms with E-state index in [4.69, 9.17) is 5.73 Å². The Balaban J connectivity index is 2.69. The molecule has 1 atom stereocenters. The summed E-state index contributed by atoms with van der Waals surface area (Å²) in [6.07, 6.45) is 0.703. The zero-order valence-corrected chi connectivity index (χ0v) is 12.1. The summed E-state index contributed by atoms with van der Waals surface area (Å²) < 4.78 is 0. The van der Waals surface area contributed by atoms with Gasteiger partial charge < -0.3 is 10.6 Å². The van der Waals surface area contributed by atoms with Crippen molar-refractivity contribution in [3.05, 3.63) is 39.9 Å². The van der Waals surface area contributed by atoms with Crippen molar-refractivity contribution in [1.29, 1.82) is 0 Å². The second-order valence-corrected chi connectivity index (χ2v) is 5.23. The van der Waals surface area contributed by atoms with Crippen molar-refractivity contribution in [3.8, 4) is 0 Å². The molecule has 0 aliphatic rings. The summed E-state index contributed by atoms with van der Waals surface area (Å²) in [5.41, 5.74) is 6.18. The number of non-ortho nitro benzene ring substituents is 1. The van der Waals surface area contributed by atoms with Gasteiger partial charge in [-0.05, 0) is 18.4 Å². The number of amides is 1. The van der Waals surface area contributed by atoms with Gasteiger partial charge in [0.2, 0.25) is 0 Å². The van der Waals surface area contributed by atoms with Crippen molar-refractivity contribution in [2.24, 2.45) is 11.7 Å². The van der Waals surface area contributed by atoms with Crippen LogP contribution in [0.5, 0.6) is 0 Å². The molecule has 1 rings (SSSR count). The van der Waals surface area contributed by atoms with Crippen molar-refractivity contribution >= 4 is 11.6 Å². The zero-order valence-electron chi connectivity index (χ0n) is 12.1. The second-order valence-electron chi connectivity index (χ2n) is 5.23. The maximum absolute atomic E-state index is 12.2. The molecule has 0 aliphatic heterocycles. The Bertz CT molecular complexity index is 488. The number of nitrogens with two attached hydrogens (primary N) is 1. The molecule has 6 heteroatoms. The average molecular weight is 279 g/mol. The van der Waals surface area contributed by atoms with Crippen LogP contribution in [0.3, 0.4) is 0 Å². The van der Waals surface area contributed by atoms with E-state index in [1.807, 2.05) is 13.8 Å². The summed E-state index contributed by atoms with van der Waals surface area (Å²) >= 11 is 0. The number of carbonyl (C=O) groups excluding carboxylic acids is 1. The molecule has 0 radical (unpaired) electrons. The summed E-state index contributed by atoms with van der Waals surface area (Å²) in [4.78, 5) is 23.9. The summed E-state index contributed by atoms with van der Waals surface area (Å²) in [5.74, 6) is 0.126. The third-order valence-electron chi connectivity index (χ3n) is 3.30. The first kappa shape index (κ1) is 16.1. The van der Waals surface area contributed by atoms with Crippen LogP contribution >= 0.6 is 0 Å². The molecule has 2 N–H and O–H groups in total. The number of rotatable bonds is 6. The quantitative estimate of drug-likeness (QED) is 0.637. The predicted molar refractivity (Wildman–Crippen MR) is 77.5 cm³/mol. The lowest BCUT2D eigenvalue weighted by molar-refractivity contribution is -0.384. The monoisotopic (exact) mass is 279 g/mol. The van der Waals surface area contributed by atoms with Crippen molar-refractivity contribution in [3.63, 3.8) is 0 Å². The molecule has 0 heterocycles. The molecule has 20 heavy (non-hydrogen) atoms. The number of hydrogen-bond donors (Lipinski definition) is 1. The van der Waals surface area contributed by atoms with Gasteiger partial charge in [0.1, 0.15) is 0 Å². The maximum Gasteiger partial charge on any atom is 0.270 e. The molecule has 0 spiro atoms. The molecule has 6 nitrogen and oxygen atoms in total. The average Bonchev–Trinajstić information content (AvgIpc) is 2.43. The molecule has 0 saturated carbocycles. The molecule has 0 fully saturated rings. The van der Waals surface area contributed by atoms with Crippen molar-refractivity contribution < 1.29 is 9.72 Å². The largest absolute Gasteiger partial charge is 0.342 e. The van der Waals surface area contributed by atoms with Crippen LogP contribution < -0.4 is 5.73 Å². The van der Waals surface area contributed by atoms with E-state index in [1.165, 1.54) is 18.2 Å². The maximum atomic E-state index is 12.2. The summed E-state index contributed by atoms with van der Waals surface area (Å²) in [7, 11) is 1.67. The minimum Gasteiger partial charge on any atom is -0.342 e. The topological polar surface area (TPSA) is 89.5 Å². The highest BCUT2D eigenvalue weighted by atomic mass is 16.6. The molecule has 1 unspecified atom stereocenters. The van der Waals surface area contributed by atoms with E-state index >= 15 is 0 Å². The molecule has 1 amide bonds. The number of nitro benzene ring substituents is 1. The third kappa shape index (κ3) is 4.31. The fourth-order valence-corrected chi connectivity index (χ4v) is 1.75. The van der Waals surface area contributed by atoms with E-state index in [0.29, 0.717) is 24.4 Å². The Hall–Kier alpha value is -1.95. The first-order valence-electron chi connectivity index (χ1n) is 6.58. The Kier molecular flexibility index (Phi) is 5.64. The predicted octanol–water partition coefficient (Wildman–Crippen LogP) is 2.04. The Labute approximate surface area is 118 Å². The van der Waals surface area contributed by atoms with Gasteiger partial charge in [0, 0.05) is 37.3 Å². The Morgan fingerprint density at radius 2 is 2.10 bits per heavy atom. The Morgan fingerprint density at radius 1 is 1.45 bits per heavy atom. The van der Waals surface area contributed by atoms with Crippen molar-refractivity contribution in [1.82, 2.24) is 4.90 Å². The van der Waals surface area contributed by atoms with E-state index < -0.39 is 4.92 Å². The first-order chi connectivity index (χ1) is 9.32. The lowest BCUT2D eigenvalue weighted by atomic mass is 10.0. The standard InChI is InChI=1S/C14H21N3O3/c1-10(2)13(15)7-8-16(3)14(18)11-5-4-6-12(9-11)17(19)20/h4-6,9-10,13H,7-8,15H2,1-3H3. The van der Waals surface area contributed by atoms with Crippen LogP contribution in [0, 0.1) is 16.0 Å². The smallest absolute Gasteiger partial charge is 0.270 e. The number of carbonyl (C=O) groups is 1. The van der Waals surface area contributed by atoms with Gasteiger partial charge in [-0.3, -0.25) is 14.9 Å². The molecule has 0 bridgehead atoms. The van der Waals surface area contributed by atoms with Crippen LogP contribution in [0.2, 0.25) is 0 Å². The minimum absolute atomic E-state index is 0.0374. The van der Waals surface area contributed by atoms with Gasteiger partial charge in [0.25, 0.3) is 11.6 Å². The molecule has 0 aromatic heterocycles. The van der Waals surface area contributed by atoms with Gasteiger partial charge in [-0.1, -0.05) is 19.9 Å². The SMILES string of the molecule is CC(C)C(N)CCN(C)C(=O)c1cccc([N+](=O)[O-])c1. The van der Waals surface area contributed by atoms with Crippen LogP contribution in [0.15, 0.2) is 24.3 Å². The number of benzene rings is 1. The highest BCUT2D eigenvalue weighted by molar-refractivity contribution is 5.94. The molecule has 0 aliphatic carbocycles. The molecule has 110 valence electrons. The van der Waals surface area contributed by atoms with E-state index in [-0.39, 0.29) is 17.6 Å². The highest BCUT2D eigenvalue weighted by Gasteiger charge is 2.16. The number of hydrogen-bond acceptors (Lipinski definition) is 4. The van der Waals surface area contributed by atoms with E-state index in [1.54, 1.807) is 18.0 Å². The van der Waals surface area contributed by atoms with Gasteiger partial charge in [-0.15, -0.1) is 0 Å². The number of nitro groups is 1. The molecular weight excluding hydrogens is 258 g/mol. The Morgan fingerprint density at radius 3 is 2.65 bits per heavy atom. The molecule has 0 saturated heterocycles. The summed E-state index contributed by atoms with van der Waals surface area (Å²) in [6.45, 7) is 4.60. The van der Waals surface area contributed by atoms with Crippen molar-refractivity contribution in [2.75, 3.05) is 13.6 Å². The second kappa shape index (κ2) is 7.00. The summed E-state index contributed by atoms with van der Waals surface area (Å²) in [5, 5.41) is 10.7. The molecule has 1 aromatic rings. The lowest BCUT2D eigenvalue weighted by Gasteiger charge is -2.21. The fraction of sp³-hybridized carbons (Fsp3) is 0.500. The molecule has 1 aromatic carbocycles. The fourth-order valence-electron chi connectivity index (χ4n) is 1.75. The number of nitrogens with zero attached hydrogens (tertiary/aromatic N) is 2. The van der Waals surface area contributed by atoms with Crippen LogP contribution in [0.1, 0.15) is 30.6 Å². The van der Waals surface area contributed by atoms with E-state index in [0.717, 1.165) is 0 Å². The lowest BCUT2D eigenvalue weighted by Crippen LogP contribution is -2.34. The highest BCUT2D eigenvalue weighted by Crippen LogP contribution is 2.15. The minimum atomic E-state index is -0.508. The van der Waals surface area contributed by atoms with Crippen molar-refractivity contribution in [2.45, 2.75) is 26.3 Å². The normalized spacial score (nSPS) is 12.2. The van der Waals surface area contributed by atoms with Gasteiger partial charge in [0.15, 0.2) is 0 Å². The van der Waals surface area contributed by atoms with E-state index in [2.05, 4.69) is 0 Å². The van der Waals surface area contributed by atoms with Gasteiger partial charge in [0.05, 0.1) is 4.92 Å². The summed E-state index contributed by atoms with van der Waals surface area (Å²) in [6, 6.07) is 5.79. The van der Waals surface area contributed by atoms with Crippen LogP contribution in [0.25, 0.3) is 0 Å². The first-order valence-corrected chi connectivity index (χ1v) is 6.58. The van der Waals surface area contributed by atoms with E-state index in [9.17, 15) is 14.9 Å². The van der Waals surface area contributed by atoms with Gasteiger partial charge in [-0.2, -0.15) is 0 Å². The van der Waals surface area contributed by atoms with Crippen LogP contribution in [-0.2, 0) is 0 Å².